The van der Waals surface area contributed by atoms with Gasteiger partial charge in [0.2, 0.25) is 11.8 Å². The van der Waals surface area contributed by atoms with Crippen molar-refractivity contribution in [3.63, 3.8) is 0 Å². The fourth-order valence-corrected chi connectivity index (χ4v) is 8.58. The Labute approximate surface area is 327 Å². The van der Waals surface area contributed by atoms with E-state index in [1.165, 1.54) is 22.8 Å². The number of carbonyl (C=O) groups excluding carboxylic acids is 2. The summed E-state index contributed by atoms with van der Waals surface area (Å²) in [5.41, 5.74) is 2.94. The molecule has 3 aliphatic heterocycles. The van der Waals surface area contributed by atoms with E-state index < -0.39 is 5.60 Å². The number of aliphatic hydroxyl groups is 1. The molecule has 13 heteroatoms. The van der Waals surface area contributed by atoms with Crippen LogP contribution in [0.3, 0.4) is 0 Å². The molecule has 2 unspecified atom stereocenters. The van der Waals surface area contributed by atoms with Gasteiger partial charge in [-0.25, -0.2) is 4.98 Å². The second-order valence-corrected chi connectivity index (χ2v) is 15.9. The van der Waals surface area contributed by atoms with Gasteiger partial charge in [0.15, 0.2) is 0 Å². The Morgan fingerprint density at radius 1 is 0.982 bits per heavy atom. The summed E-state index contributed by atoms with van der Waals surface area (Å²) in [7, 11) is 2.11. The van der Waals surface area contributed by atoms with Crippen LogP contribution in [0, 0.1) is 5.92 Å². The molecule has 0 bridgehead atoms. The third-order valence-corrected chi connectivity index (χ3v) is 12.0. The lowest BCUT2D eigenvalue weighted by Crippen LogP contribution is -2.53. The molecular weight excluding hydrogens is 713 g/mol. The number of anilines is 3. The summed E-state index contributed by atoms with van der Waals surface area (Å²) >= 11 is 1.44. The summed E-state index contributed by atoms with van der Waals surface area (Å²) in [6.45, 7) is 10.8. The summed E-state index contributed by atoms with van der Waals surface area (Å²) < 4.78 is 4.84. The number of carbonyl (C=O) groups is 2. The Bertz CT molecular complexity index is 2030. The number of hydrogen-bond acceptors (Lipinski definition) is 10. The number of nitrogens with zero attached hydrogens (tertiary/aromatic N) is 6. The van der Waals surface area contributed by atoms with E-state index in [0.717, 1.165) is 49.7 Å². The van der Waals surface area contributed by atoms with Crippen molar-refractivity contribution in [2.45, 2.75) is 43.7 Å². The lowest BCUT2D eigenvalue weighted by molar-refractivity contribution is -0.141. The minimum Gasteiger partial charge on any atom is -0.388 e. The van der Waals surface area contributed by atoms with Gasteiger partial charge in [-0.15, -0.1) is 0 Å². The van der Waals surface area contributed by atoms with Crippen LogP contribution in [-0.4, -0.2) is 113 Å². The predicted octanol–water partition coefficient (Wildman–Crippen LogP) is 4.84. The van der Waals surface area contributed by atoms with Crippen molar-refractivity contribution >= 4 is 51.7 Å². The Morgan fingerprint density at radius 3 is 2.49 bits per heavy atom. The Hall–Kier alpha value is -4.69. The molecule has 7 rings (SSSR count). The monoisotopic (exact) mass is 764 g/mol. The number of amides is 2. The van der Waals surface area contributed by atoms with Crippen molar-refractivity contribution in [1.29, 1.82) is 0 Å². The van der Waals surface area contributed by atoms with Crippen LogP contribution < -0.4 is 20.5 Å². The molecule has 2 amide bonds. The zero-order chi connectivity index (χ0) is 38.4. The number of rotatable bonds is 12. The van der Waals surface area contributed by atoms with Gasteiger partial charge in [0, 0.05) is 82.8 Å². The van der Waals surface area contributed by atoms with Gasteiger partial charge < -0.3 is 34.7 Å². The first-order chi connectivity index (χ1) is 26.7. The number of hydrogen-bond donors (Lipinski definition) is 3. The molecule has 1 aromatic heterocycles. The van der Waals surface area contributed by atoms with Crippen LogP contribution in [0.2, 0.25) is 0 Å². The molecule has 3 aliphatic rings. The smallest absolute Gasteiger partial charge is 0.261 e. The Balaban J connectivity index is 0.969. The summed E-state index contributed by atoms with van der Waals surface area (Å²) in [5, 5.41) is 16.8. The predicted molar refractivity (Wildman–Crippen MR) is 221 cm³/mol. The van der Waals surface area contributed by atoms with Crippen molar-refractivity contribution in [3.05, 3.63) is 107 Å². The largest absolute Gasteiger partial charge is 0.388 e. The molecule has 0 radical (unpaired) electrons. The highest BCUT2D eigenvalue weighted by molar-refractivity contribution is 8.03. The van der Waals surface area contributed by atoms with Crippen LogP contribution in [0.5, 0.6) is 0 Å². The molecule has 3 N–H and O–H groups in total. The summed E-state index contributed by atoms with van der Waals surface area (Å²) in [6.07, 6.45) is 3.30. The van der Waals surface area contributed by atoms with Crippen molar-refractivity contribution in [3.8, 4) is 0 Å². The average molecular weight is 765 g/mol. The van der Waals surface area contributed by atoms with Gasteiger partial charge in [-0.05, 0) is 79.6 Å². The maximum absolute atomic E-state index is 14.3. The number of benzene rings is 3. The van der Waals surface area contributed by atoms with Gasteiger partial charge in [0.25, 0.3) is 5.56 Å². The number of nitrogens with one attached hydrogen (secondary N) is 2. The van der Waals surface area contributed by atoms with E-state index >= 15 is 0 Å². The van der Waals surface area contributed by atoms with Gasteiger partial charge in [0.05, 0.1) is 40.8 Å². The van der Waals surface area contributed by atoms with E-state index in [-0.39, 0.29) is 35.8 Å². The second kappa shape index (κ2) is 17.4. The molecule has 12 nitrogen and oxygen atoms in total. The topological polar surface area (TPSA) is 126 Å². The van der Waals surface area contributed by atoms with Crippen LogP contribution >= 0.6 is 11.9 Å². The van der Waals surface area contributed by atoms with Crippen LogP contribution in [0.25, 0.3) is 10.9 Å². The number of piperidine rings is 2. The molecule has 2 atom stereocenters. The second-order valence-electron chi connectivity index (χ2n) is 15.2. The lowest BCUT2D eigenvalue weighted by Gasteiger charge is -2.44. The van der Waals surface area contributed by atoms with E-state index in [1.54, 1.807) is 23.6 Å². The Morgan fingerprint density at radius 2 is 1.73 bits per heavy atom. The molecule has 290 valence electrons. The van der Waals surface area contributed by atoms with E-state index in [4.69, 9.17) is 0 Å². The van der Waals surface area contributed by atoms with Crippen molar-refractivity contribution in [2.24, 2.45) is 5.92 Å². The first kappa shape index (κ1) is 38.6. The quantitative estimate of drug-likeness (QED) is 0.173. The molecule has 0 spiro atoms. The van der Waals surface area contributed by atoms with E-state index in [0.29, 0.717) is 68.5 Å². The molecule has 0 aliphatic carbocycles. The number of piperazine rings is 1. The van der Waals surface area contributed by atoms with Gasteiger partial charge in [0.1, 0.15) is 0 Å². The first-order valence-electron chi connectivity index (χ1n) is 19.3. The van der Waals surface area contributed by atoms with E-state index in [2.05, 4.69) is 67.6 Å². The molecule has 3 fully saturated rings. The van der Waals surface area contributed by atoms with E-state index in [9.17, 15) is 19.5 Å². The highest BCUT2D eigenvalue weighted by Crippen LogP contribution is 2.39. The standard InChI is InChI=1S/C42H52N8O4S/c1-3-55-45-36-11-7-8-12-38(36)49-20-15-33(35(28-49)31-9-5-4-6-10-31)40(52)48-21-17-42(54,18-22-48)29-50-30-43-37-27-32(13-14-34(37)41(50)53)44-39(51)16-19-47-25-23-46(2)24-26-47/h3-14,27,30,33,35,45,54H,1,15-26,28-29H2,2H3,(H,44,51). The van der Waals surface area contributed by atoms with Crippen molar-refractivity contribution < 1.29 is 14.7 Å². The number of fused-ring (bicyclic) bond motifs is 1. The number of likely N-dealkylation sites (N-methyl/N-ethyl adjacent to an activating group) is 1. The molecule has 3 aromatic carbocycles. The van der Waals surface area contributed by atoms with Gasteiger partial charge in [-0.2, -0.15) is 0 Å². The van der Waals surface area contributed by atoms with Crippen LogP contribution in [0.1, 0.15) is 37.2 Å². The minimum atomic E-state index is -1.16. The molecule has 55 heavy (non-hydrogen) atoms. The molecule has 0 saturated carbocycles. The normalized spacial score (nSPS) is 20.6. The highest BCUT2D eigenvalue weighted by Gasteiger charge is 2.41. The van der Waals surface area contributed by atoms with Gasteiger partial charge in [-0.3, -0.25) is 19.0 Å². The SMILES string of the molecule is C=CSNc1ccccc1N1CCC(C(=O)N2CCC(O)(Cn3cnc4cc(NC(=O)CCN5CCN(C)CC5)ccc4c3=O)CC2)C(c2ccccc2)C1. The van der Waals surface area contributed by atoms with E-state index in [1.807, 2.05) is 35.2 Å². The zero-order valence-corrected chi connectivity index (χ0v) is 32.4. The molecule has 4 aromatic rings. The van der Waals surface area contributed by atoms with Crippen molar-refractivity contribution in [2.75, 3.05) is 80.9 Å². The summed E-state index contributed by atoms with van der Waals surface area (Å²) in [4.78, 5) is 53.9. The fraction of sp³-hybridized carbons (Fsp3) is 0.429. The summed E-state index contributed by atoms with van der Waals surface area (Å²) in [5.74, 6) is -0.138. The number of aromatic nitrogens is 2. The van der Waals surface area contributed by atoms with Crippen molar-refractivity contribution in [1.82, 2.24) is 24.3 Å². The maximum atomic E-state index is 14.3. The maximum Gasteiger partial charge on any atom is 0.261 e. The van der Waals surface area contributed by atoms with Gasteiger partial charge in [-0.1, -0.05) is 49.0 Å². The zero-order valence-electron chi connectivity index (χ0n) is 31.6. The minimum absolute atomic E-state index is 0.00143. The molecular formula is C42H52N8O4S. The average Bonchev–Trinajstić information content (AvgIpc) is 3.21. The fourth-order valence-electron chi connectivity index (χ4n) is 8.20. The lowest BCUT2D eigenvalue weighted by atomic mass is 9.79. The number of para-hydroxylation sites is 2. The van der Waals surface area contributed by atoms with Crippen LogP contribution in [0.15, 0.2) is 95.9 Å². The number of likely N-dealkylation sites (tertiary alicyclic amines) is 1. The highest BCUT2D eigenvalue weighted by atomic mass is 32.2. The van der Waals surface area contributed by atoms with Crippen LogP contribution in [-0.2, 0) is 16.1 Å². The molecule has 3 saturated heterocycles. The Kier molecular flexibility index (Phi) is 12.2. The first-order valence-corrected chi connectivity index (χ1v) is 20.2. The third-order valence-electron chi connectivity index (χ3n) is 11.5. The third kappa shape index (κ3) is 9.24. The molecule has 4 heterocycles. The van der Waals surface area contributed by atoms with Gasteiger partial charge >= 0.3 is 0 Å². The summed E-state index contributed by atoms with van der Waals surface area (Å²) in [6, 6.07) is 23.7. The van der Waals surface area contributed by atoms with Crippen LogP contribution in [0.4, 0.5) is 17.1 Å².